The second-order valence-electron chi connectivity index (χ2n) is 5.61. The van der Waals surface area contributed by atoms with E-state index in [-0.39, 0.29) is 5.91 Å². The van der Waals surface area contributed by atoms with Crippen molar-refractivity contribution in [1.29, 1.82) is 0 Å². The molecule has 0 fully saturated rings. The predicted molar refractivity (Wildman–Crippen MR) is 106 cm³/mol. The Morgan fingerprint density at radius 1 is 0.708 bits per heavy atom. The second kappa shape index (κ2) is 8.11. The van der Waals surface area contributed by atoms with Crippen LogP contribution in [0, 0.1) is 3.57 Å². The first kappa shape index (κ1) is 16.7. The molecule has 0 N–H and O–H groups in total. The average molecular weight is 427 g/mol. The van der Waals surface area contributed by atoms with E-state index in [1.165, 1.54) is 0 Å². The van der Waals surface area contributed by atoms with Crippen LogP contribution in [0.5, 0.6) is 0 Å². The summed E-state index contributed by atoms with van der Waals surface area (Å²) in [6, 6.07) is 28.0. The smallest absolute Gasteiger partial charge is 0.255 e. The molecule has 0 saturated carbocycles. The van der Waals surface area contributed by atoms with Crippen molar-refractivity contribution in [1.82, 2.24) is 4.90 Å². The Morgan fingerprint density at radius 2 is 1.17 bits per heavy atom. The zero-order valence-electron chi connectivity index (χ0n) is 13.2. The van der Waals surface area contributed by atoms with Crippen LogP contribution in [0.4, 0.5) is 0 Å². The zero-order chi connectivity index (χ0) is 16.8. The maximum atomic E-state index is 13.1. The summed E-state index contributed by atoms with van der Waals surface area (Å²) in [5, 5.41) is 0. The Bertz CT molecular complexity index is 761. The van der Waals surface area contributed by atoms with Gasteiger partial charge < -0.3 is 4.90 Å². The van der Waals surface area contributed by atoms with Gasteiger partial charge in [-0.15, -0.1) is 0 Å². The van der Waals surface area contributed by atoms with Crippen molar-refractivity contribution < 1.29 is 4.79 Å². The van der Waals surface area contributed by atoms with Gasteiger partial charge in [-0.05, 0) is 45.9 Å². The summed E-state index contributed by atoms with van der Waals surface area (Å²) in [5.74, 6) is 0.0627. The molecule has 3 heteroatoms. The minimum atomic E-state index is 0.0627. The third kappa shape index (κ3) is 4.23. The van der Waals surface area contributed by atoms with Gasteiger partial charge in [-0.3, -0.25) is 4.79 Å². The third-order valence-corrected chi connectivity index (χ3v) is 4.76. The van der Waals surface area contributed by atoms with E-state index in [4.69, 9.17) is 0 Å². The summed E-state index contributed by atoms with van der Waals surface area (Å²) < 4.78 is 0.978. The van der Waals surface area contributed by atoms with Crippen LogP contribution in [0.1, 0.15) is 21.5 Å². The maximum absolute atomic E-state index is 13.1. The van der Waals surface area contributed by atoms with Crippen LogP contribution < -0.4 is 0 Å². The van der Waals surface area contributed by atoms with Gasteiger partial charge in [0.15, 0.2) is 0 Å². The van der Waals surface area contributed by atoms with Crippen LogP contribution in [-0.4, -0.2) is 10.8 Å². The molecule has 2 nitrogen and oxygen atoms in total. The monoisotopic (exact) mass is 427 g/mol. The Morgan fingerprint density at radius 3 is 1.67 bits per heavy atom. The molecule has 24 heavy (non-hydrogen) atoms. The van der Waals surface area contributed by atoms with Crippen molar-refractivity contribution in [2.45, 2.75) is 13.1 Å². The normalized spacial score (nSPS) is 10.4. The van der Waals surface area contributed by atoms with E-state index < -0.39 is 0 Å². The summed E-state index contributed by atoms with van der Waals surface area (Å²) in [4.78, 5) is 15.0. The molecule has 0 heterocycles. The van der Waals surface area contributed by atoms with Gasteiger partial charge in [0.2, 0.25) is 0 Å². The Kier molecular flexibility index (Phi) is 5.64. The maximum Gasteiger partial charge on any atom is 0.255 e. The standard InChI is InChI=1S/C21H18INO/c22-20-14-8-7-13-19(20)21(24)23(15-17-9-3-1-4-10-17)16-18-11-5-2-6-12-18/h1-14H,15-16H2. The highest BCUT2D eigenvalue weighted by molar-refractivity contribution is 14.1. The number of halogens is 1. The molecule has 0 aliphatic heterocycles. The first-order valence-corrected chi connectivity index (χ1v) is 8.93. The van der Waals surface area contributed by atoms with Gasteiger partial charge in [0.25, 0.3) is 5.91 Å². The second-order valence-corrected chi connectivity index (χ2v) is 6.77. The molecule has 0 aromatic heterocycles. The zero-order valence-corrected chi connectivity index (χ0v) is 15.4. The van der Waals surface area contributed by atoms with Crippen LogP contribution in [0.25, 0.3) is 0 Å². The minimum absolute atomic E-state index is 0.0627. The number of carbonyl (C=O) groups is 1. The SMILES string of the molecule is O=C(c1ccccc1I)N(Cc1ccccc1)Cc1ccccc1. The molecule has 0 unspecified atom stereocenters. The average Bonchev–Trinajstić information content (AvgIpc) is 2.63. The number of hydrogen-bond donors (Lipinski definition) is 0. The molecule has 0 spiro atoms. The molecule has 120 valence electrons. The number of carbonyl (C=O) groups excluding carboxylic acids is 1. The van der Waals surface area contributed by atoms with Gasteiger partial charge in [0, 0.05) is 16.7 Å². The molecule has 3 rings (SSSR count). The predicted octanol–water partition coefficient (Wildman–Crippen LogP) is 5.13. The molecule has 0 bridgehead atoms. The first-order valence-electron chi connectivity index (χ1n) is 7.85. The van der Waals surface area contributed by atoms with Crippen LogP contribution in [0.3, 0.4) is 0 Å². The third-order valence-electron chi connectivity index (χ3n) is 3.82. The molecule has 0 atom stereocenters. The molecule has 0 aliphatic rings. The molecular formula is C21H18INO. The van der Waals surface area contributed by atoms with E-state index in [0.29, 0.717) is 13.1 Å². The van der Waals surface area contributed by atoms with E-state index in [0.717, 1.165) is 20.3 Å². The van der Waals surface area contributed by atoms with Gasteiger partial charge >= 0.3 is 0 Å². The number of nitrogens with zero attached hydrogens (tertiary/aromatic N) is 1. The van der Waals surface area contributed by atoms with Crippen molar-refractivity contribution in [2.24, 2.45) is 0 Å². The van der Waals surface area contributed by atoms with Gasteiger partial charge in [-0.25, -0.2) is 0 Å². The van der Waals surface area contributed by atoms with Crippen molar-refractivity contribution in [3.8, 4) is 0 Å². The Hall–Kier alpha value is -2.14. The lowest BCUT2D eigenvalue weighted by Gasteiger charge is -2.24. The minimum Gasteiger partial charge on any atom is -0.330 e. The van der Waals surface area contributed by atoms with Crippen LogP contribution in [-0.2, 0) is 13.1 Å². The highest BCUT2D eigenvalue weighted by atomic mass is 127. The summed E-state index contributed by atoms with van der Waals surface area (Å²) >= 11 is 2.22. The summed E-state index contributed by atoms with van der Waals surface area (Å²) in [7, 11) is 0. The lowest BCUT2D eigenvalue weighted by atomic mass is 10.1. The quantitative estimate of drug-likeness (QED) is 0.517. The van der Waals surface area contributed by atoms with E-state index in [1.807, 2.05) is 65.6 Å². The van der Waals surface area contributed by atoms with Crippen LogP contribution in [0.2, 0.25) is 0 Å². The number of amides is 1. The van der Waals surface area contributed by atoms with Gasteiger partial charge in [0.1, 0.15) is 0 Å². The number of hydrogen-bond acceptors (Lipinski definition) is 1. The molecule has 1 amide bonds. The summed E-state index contributed by atoms with van der Waals surface area (Å²) in [6.45, 7) is 1.19. The fourth-order valence-corrected chi connectivity index (χ4v) is 3.23. The van der Waals surface area contributed by atoms with Gasteiger partial charge in [-0.2, -0.15) is 0 Å². The van der Waals surface area contributed by atoms with E-state index in [2.05, 4.69) is 46.9 Å². The van der Waals surface area contributed by atoms with Crippen LogP contribution >= 0.6 is 22.6 Å². The fraction of sp³-hybridized carbons (Fsp3) is 0.0952. The van der Waals surface area contributed by atoms with Gasteiger partial charge in [-0.1, -0.05) is 72.8 Å². The topological polar surface area (TPSA) is 20.3 Å². The largest absolute Gasteiger partial charge is 0.330 e. The highest BCUT2D eigenvalue weighted by Crippen LogP contribution is 2.18. The Labute approximate surface area is 156 Å². The van der Waals surface area contributed by atoms with E-state index in [1.54, 1.807) is 0 Å². The molecule has 0 aliphatic carbocycles. The fourth-order valence-electron chi connectivity index (χ4n) is 2.61. The first-order chi connectivity index (χ1) is 11.7. The number of rotatable bonds is 5. The molecule has 3 aromatic rings. The van der Waals surface area contributed by atoms with E-state index >= 15 is 0 Å². The van der Waals surface area contributed by atoms with Crippen LogP contribution in [0.15, 0.2) is 84.9 Å². The van der Waals surface area contributed by atoms with Crippen molar-refractivity contribution in [2.75, 3.05) is 0 Å². The lowest BCUT2D eigenvalue weighted by Crippen LogP contribution is -2.30. The highest BCUT2D eigenvalue weighted by Gasteiger charge is 2.18. The molecule has 0 saturated heterocycles. The lowest BCUT2D eigenvalue weighted by molar-refractivity contribution is 0.0729. The van der Waals surface area contributed by atoms with Gasteiger partial charge in [0.05, 0.1) is 5.56 Å². The number of benzene rings is 3. The van der Waals surface area contributed by atoms with E-state index in [9.17, 15) is 4.79 Å². The summed E-state index contributed by atoms with van der Waals surface area (Å²) in [6.07, 6.45) is 0. The van der Waals surface area contributed by atoms with Crippen molar-refractivity contribution in [3.05, 3.63) is 105 Å². The Balaban J connectivity index is 1.89. The summed E-state index contributed by atoms with van der Waals surface area (Å²) in [5.41, 5.74) is 3.02. The molecule has 0 radical (unpaired) electrons. The molecular weight excluding hydrogens is 409 g/mol. The van der Waals surface area contributed by atoms with Crippen molar-refractivity contribution in [3.63, 3.8) is 0 Å². The van der Waals surface area contributed by atoms with Crippen molar-refractivity contribution >= 4 is 28.5 Å². The molecule has 3 aromatic carbocycles.